The van der Waals surface area contributed by atoms with Gasteiger partial charge in [-0.05, 0) is 28.1 Å². The van der Waals surface area contributed by atoms with Crippen LogP contribution < -0.4 is 15.2 Å². The summed E-state index contributed by atoms with van der Waals surface area (Å²) in [4.78, 5) is 10.9. The van der Waals surface area contributed by atoms with Crippen molar-refractivity contribution in [2.75, 3.05) is 11.9 Å². The lowest BCUT2D eigenvalue weighted by Crippen LogP contribution is -2.26. The van der Waals surface area contributed by atoms with Crippen molar-refractivity contribution in [2.24, 2.45) is 5.14 Å². The van der Waals surface area contributed by atoms with Crippen LogP contribution >= 0.6 is 15.9 Å². The van der Waals surface area contributed by atoms with Crippen molar-refractivity contribution in [3.8, 4) is 5.75 Å². The maximum Gasteiger partial charge on any atom is 0.262 e. The number of fused-ring (bicyclic) bond motifs is 1. The molecule has 0 atom stereocenters. The fraction of sp³-hybridized carbons (Fsp3) is 0.125. The molecule has 0 fully saturated rings. The van der Waals surface area contributed by atoms with Gasteiger partial charge in [-0.25, -0.2) is 13.6 Å². The van der Waals surface area contributed by atoms with Crippen LogP contribution in [-0.2, 0) is 14.8 Å². The van der Waals surface area contributed by atoms with Gasteiger partial charge in [0.05, 0.1) is 10.6 Å². The Balaban J connectivity index is 2.60. The molecule has 1 aliphatic heterocycles. The molecule has 3 N–H and O–H groups in total. The van der Waals surface area contributed by atoms with E-state index < -0.39 is 10.0 Å². The molecule has 0 saturated heterocycles. The van der Waals surface area contributed by atoms with E-state index in [4.69, 9.17) is 9.88 Å². The Bertz CT molecular complexity index is 570. The normalized spacial score (nSPS) is 15.0. The molecule has 6 nitrogen and oxygen atoms in total. The zero-order chi connectivity index (χ0) is 11.9. The van der Waals surface area contributed by atoms with Crippen LogP contribution in [0.1, 0.15) is 0 Å². The van der Waals surface area contributed by atoms with Crippen LogP contribution in [0.15, 0.2) is 21.5 Å². The van der Waals surface area contributed by atoms with Gasteiger partial charge in [0.15, 0.2) is 6.61 Å². The summed E-state index contributed by atoms with van der Waals surface area (Å²) in [7, 11) is -3.84. The van der Waals surface area contributed by atoms with E-state index in [1.807, 2.05) is 0 Å². The highest BCUT2D eigenvalue weighted by molar-refractivity contribution is 9.10. The number of halogens is 1. The third kappa shape index (κ3) is 2.04. The molecule has 0 unspecified atom stereocenters. The van der Waals surface area contributed by atoms with Crippen LogP contribution in [0.2, 0.25) is 0 Å². The van der Waals surface area contributed by atoms with Crippen molar-refractivity contribution in [3.05, 3.63) is 16.6 Å². The summed E-state index contributed by atoms with van der Waals surface area (Å²) in [6, 6.07) is 2.71. The van der Waals surface area contributed by atoms with Crippen molar-refractivity contribution in [1.82, 2.24) is 0 Å². The van der Waals surface area contributed by atoms with Gasteiger partial charge in [0.2, 0.25) is 10.0 Å². The summed E-state index contributed by atoms with van der Waals surface area (Å²) in [5.74, 6) is 0.0640. The first-order valence-electron chi connectivity index (χ1n) is 4.17. The predicted octanol–water partition coefficient (Wildman–Crippen LogP) is 0.427. The Morgan fingerprint density at radius 3 is 2.75 bits per heavy atom. The smallest absolute Gasteiger partial charge is 0.262 e. The number of nitrogens with one attached hydrogen (secondary N) is 1. The SMILES string of the molecule is NS(=O)(=O)c1cc2c(cc1Br)OCC(=O)N2. The highest BCUT2D eigenvalue weighted by Crippen LogP contribution is 2.35. The second-order valence-electron chi connectivity index (χ2n) is 3.16. The number of nitrogens with two attached hydrogens (primary N) is 1. The van der Waals surface area contributed by atoms with Gasteiger partial charge >= 0.3 is 0 Å². The summed E-state index contributed by atoms with van der Waals surface area (Å²) >= 11 is 3.07. The number of anilines is 1. The van der Waals surface area contributed by atoms with Crippen LogP contribution in [0, 0.1) is 0 Å². The van der Waals surface area contributed by atoms with Gasteiger partial charge in [0.25, 0.3) is 5.91 Å². The van der Waals surface area contributed by atoms with E-state index in [1.165, 1.54) is 12.1 Å². The van der Waals surface area contributed by atoms with E-state index in [1.54, 1.807) is 0 Å². The maximum atomic E-state index is 11.2. The number of amides is 1. The lowest BCUT2D eigenvalue weighted by Gasteiger charge is -2.19. The van der Waals surface area contributed by atoms with Gasteiger partial charge in [-0.15, -0.1) is 0 Å². The van der Waals surface area contributed by atoms with Gasteiger partial charge in [-0.3, -0.25) is 4.79 Å². The van der Waals surface area contributed by atoms with Gasteiger partial charge in [-0.1, -0.05) is 0 Å². The highest BCUT2D eigenvalue weighted by atomic mass is 79.9. The standard InChI is InChI=1S/C8H7BrN2O4S/c9-4-1-6-5(11-8(12)3-15-6)2-7(4)16(10,13)14/h1-2H,3H2,(H,11,12)(H2,10,13,14). The lowest BCUT2D eigenvalue weighted by molar-refractivity contribution is -0.118. The zero-order valence-corrected chi connectivity index (χ0v) is 10.3. The first-order valence-corrected chi connectivity index (χ1v) is 6.51. The van der Waals surface area contributed by atoms with Gasteiger partial charge < -0.3 is 10.1 Å². The third-order valence-corrected chi connectivity index (χ3v) is 3.84. The summed E-state index contributed by atoms with van der Waals surface area (Å²) < 4.78 is 27.8. The fourth-order valence-corrected chi connectivity index (χ4v) is 2.91. The Labute approximate surface area is 99.9 Å². The van der Waals surface area contributed by atoms with E-state index in [-0.39, 0.29) is 17.4 Å². The molecule has 1 aromatic carbocycles. The number of rotatable bonds is 1. The number of hydrogen-bond donors (Lipinski definition) is 2. The van der Waals surface area contributed by atoms with E-state index in [2.05, 4.69) is 21.2 Å². The van der Waals surface area contributed by atoms with Crippen molar-refractivity contribution in [2.45, 2.75) is 4.90 Å². The van der Waals surface area contributed by atoms with Gasteiger partial charge in [0.1, 0.15) is 5.75 Å². The first-order chi connectivity index (χ1) is 7.38. The number of sulfonamides is 1. The van der Waals surface area contributed by atoms with Gasteiger partial charge in [-0.2, -0.15) is 0 Å². The Hall–Kier alpha value is -1.12. The average molecular weight is 307 g/mol. The topological polar surface area (TPSA) is 98.5 Å². The van der Waals surface area contributed by atoms with E-state index >= 15 is 0 Å². The monoisotopic (exact) mass is 306 g/mol. The molecule has 0 aliphatic carbocycles. The van der Waals surface area contributed by atoms with Crippen molar-refractivity contribution in [3.63, 3.8) is 0 Å². The lowest BCUT2D eigenvalue weighted by atomic mass is 10.2. The van der Waals surface area contributed by atoms with Crippen molar-refractivity contribution < 1.29 is 17.9 Å². The summed E-state index contributed by atoms with van der Waals surface area (Å²) in [5.41, 5.74) is 0.295. The molecule has 8 heteroatoms. The maximum absolute atomic E-state index is 11.2. The molecule has 0 spiro atoms. The minimum absolute atomic E-state index is 0.0891. The molecule has 1 amide bonds. The molecule has 0 saturated carbocycles. The highest BCUT2D eigenvalue weighted by Gasteiger charge is 2.21. The van der Waals surface area contributed by atoms with Crippen LogP contribution in [0.25, 0.3) is 0 Å². The molecule has 0 radical (unpaired) electrons. The van der Waals surface area contributed by atoms with E-state index in [0.717, 1.165) is 0 Å². The summed E-state index contributed by atoms with van der Waals surface area (Å²) in [5, 5.41) is 7.51. The molecule has 86 valence electrons. The predicted molar refractivity (Wildman–Crippen MR) is 59.6 cm³/mol. The number of carbonyl (C=O) groups excluding carboxylic acids is 1. The quantitative estimate of drug-likeness (QED) is 0.786. The molecule has 1 aromatic rings. The molecule has 1 heterocycles. The number of benzene rings is 1. The number of hydrogen-bond acceptors (Lipinski definition) is 4. The molecule has 16 heavy (non-hydrogen) atoms. The number of ether oxygens (including phenoxy) is 1. The van der Waals surface area contributed by atoms with E-state index in [9.17, 15) is 13.2 Å². The fourth-order valence-electron chi connectivity index (χ4n) is 1.30. The first kappa shape index (κ1) is 11.4. The minimum atomic E-state index is -3.84. The summed E-state index contributed by atoms with van der Waals surface area (Å²) in [6.07, 6.45) is 0. The van der Waals surface area contributed by atoms with Crippen LogP contribution in [0.4, 0.5) is 5.69 Å². The second-order valence-corrected chi connectivity index (χ2v) is 5.54. The Morgan fingerprint density at radius 1 is 1.44 bits per heavy atom. The minimum Gasteiger partial charge on any atom is -0.482 e. The van der Waals surface area contributed by atoms with E-state index in [0.29, 0.717) is 15.9 Å². The molecule has 0 bridgehead atoms. The zero-order valence-electron chi connectivity index (χ0n) is 7.86. The molecule has 0 aromatic heterocycles. The second kappa shape index (κ2) is 3.72. The largest absolute Gasteiger partial charge is 0.482 e. The average Bonchev–Trinajstić information content (AvgIpc) is 2.16. The van der Waals surface area contributed by atoms with Crippen LogP contribution in [0.5, 0.6) is 5.75 Å². The molecular formula is C8H7BrN2O4S. The van der Waals surface area contributed by atoms with Crippen LogP contribution in [0.3, 0.4) is 0 Å². The molecule has 1 aliphatic rings. The van der Waals surface area contributed by atoms with Gasteiger partial charge in [0, 0.05) is 4.47 Å². The summed E-state index contributed by atoms with van der Waals surface area (Å²) in [6.45, 7) is -0.0891. The van der Waals surface area contributed by atoms with Crippen molar-refractivity contribution >= 4 is 37.5 Å². The molecule has 2 rings (SSSR count). The van der Waals surface area contributed by atoms with Crippen molar-refractivity contribution in [1.29, 1.82) is 0 Å². The Kier molecular flexibility index (Phi) is 2.64. The van der Waals surface area contributed by atoms with Crippen LogP contribution in [-0.4, -0.2) is 20.9 Å². The number of carbonyl (C=O) groups is 1. The molecular weight excluding hydrogens is 300 g/mol. The number of primary sulfonamides is 1. The third-order valence-electron chi connectivity index (χ3n) is 1.97. The Morgan fingerprint density at radius 2 is 2.12 bits per heavy atom.